The van der Waals surface area contributed by atoms with Crippen molar-refractivity contribution in [2.24, 2.45) is 5.73 Å². The molecule has 0 aliphatic rings. The van der Waals surface area contributed by atoms with Gasteiger partial charge < -0.3 is 5.73 Å². The van der Waals surface area contributed by atoms with E-state index >= 15 is 0 Å². The average Bonchev–Trinajstić information content (AvgIpc) is 2.59. The third kappa shape index (κ3) is 1.46. The number of aryl methyl sites for hydroxylation is 1. The number of hydrogen-bond donors (Lipinski definition) is 1. The number of rotatable bonds is 2. The van der Waals surface area contributed by atoms with E-state index in [4.69, 9.17) is 5.73 Å². The van der Waals surface area contributed by atoms with Gasteiger partial charge in [-0.2, -0.15) is 0 Å². The Hall–Kier alpha value is -1.49. The summed E-state index contributed by atoms with van der Waals surface area (Å²) in [5, 5.41) is 0.876. The Morgan fingerprint density at radius 3 is 3.07 bits per heavy atom. The van der Waals surface area contributed by atoms with Crippen LogP contribution in [0.3, 0.4) is 0 Å². The zero-order valence-corrected chi connectivity index (χ0v) is 8.47. The summed E-state index contributed by atoms with van der Waals surface area (Å²) in [6.45, 7) is 1.99. The summed E-state index contributed by atoms with van der Waals surface area (Å²) in [7, 11) is 0. The molecule has 0 atom stereocenters. The lowest BCUT2D eigenvalue weighted by Crippen LogP contribution is -2.07. The van der Waals surface area contributed by atoms with E-state index < -0.39 is 5.91 Å². The zero-order valence-electron chi connectivity index (χ0n) is 7.65. The molecule has 0 aliphatic heterocycles. The molecule has 0 aliphatic carbocycles. The summed E-state index contributed by atoms with van der Waals surface area (Å²) in [5.41, 5.74) is 5.17. The predicted molar refractivity (Wildman–Crippen MR) is 55.3 cm³/mol. The molecule has 1 amide bonds. The summed E-state index contributed by atoms with van der Waals surface area (Å²) in [6, 6.07) is 1.72. The van der Waals surface area contributed by atoms with E-state index in [0.29, 0.717) is 4.88 Å². The molecule has 4 nitrogen and oxygen atoms in total. The maximum atomic E-state index is 10.9. The van der Waals surface area contributed by atoms with Crippen LogP contribution in [-0.2, 0) is 6.42 Å². The van der Waals surface area contributed by atoms with Crippen molar-refractivity contribution in [3.05, 3.63) is 23.0 Å². The Bertz CT molecular complexity index is 492. The van der Waals surface area contributed by atoms with E-state index in [0.717, 1.165) is 22.5 Å². The first-order valence-electron chi connectivity index (χ1n) is 4.26. The van der Waals surface area contributed by atoms with E-state index in [1.807, 2.05) is 6.92 Å². The van der Waals surface area contributed by atoms with Crippen molar-refractivity contribution in [3.63, 3.8) is 0 Å². The van der Waals surface area contributed by atoms with Gasteiger partial charge in [0.15, 0.2) is 0 Å². The van der Waals surface area contributed by atoms with Gasteiger partial charge in [0.05, 0.1) is 4.88 Å². The molecule has 2 heterocycles. The van der Waals surface area contributed by atoms with Crippen LogP contribution in [0.15, 0.2) is 12.3 Å². The first kappa shape index (κ1) is 9.08. The van der Waals surface area contributed by atoms with Gasteiger partial charge >= 0.3 is 0 Å². The molecule has 0 saturated heterocycles. The van der Waals surface area contributed by atoms with E-state index in [1.165, 1.54) is 11.3 Å². The molecule has 0 unspecified atom stereocenters. The number of aromatic nitrogens is 2. The Kier molecular flexibility index (Phi) is 2.17. The first-order valence-corrected chi connectivity index (χ1v) is 5.07. The number of amides is 1. The van der Waals surface area contributed by atoms with Crippen molar-refractivity contribution in [1.82, 2.24) is 9.97 Å². The van der Waals surface area contributed by atoms with Gasteiger partial charge in [0.1, 0.15) is 10.7 Å². The van der Waals surface area contributed by atoms with Crippen molar-refractivity contribution >= 4 is 27.5 Å². The number of nitrogens with zero attached hydrogens (tertiary/aromatic N) is 2. The number of nitrogens with two attached hydrogens (primary N) is 1. The molecule has 0 bridgehead atoms. The molecule has 0 fully saturated rings. The molecule has 0 spiro atoms. The van der Waals surface area contributed by atoms with Gasteiger partial charge in [-0.15, -0.1) is 11.3 Å². The molecule has 2 N–H and O–H groups in total. The van der Waals surface area contributed by atoms with Gasteiger partial charge in [0, 0.05) is 18.0 Å². The number of carbonyl (C=O) groups is 1. The fourth-order valence-electron chi connectivity index (χ4n) is 1.16. The molecule has 14 heavy (non-hydrogen) atoms. The lowest BCUT2D eigenvalue weighted by atomic mass is 10.3. The summed E-state index contributed by atoms with van der Waals surface area (Å²) >= 11 is 1.31. The second kappa shape index (κ2) is 3.34. The van der Waals surface area contributed by atoms with Crippen molar-refractivity contribution in [2.75, 3.05) is 0 Å². The van der Waals surface area contributed by atoms with E-state index in [1.54, 1.807) is 12.3 Å². The molecule has 72 valence electrons. The van der Waals surface area contributed by atoms with Crippen LogP contribution in [0.5, 0.6) is 0 Å². The zero-order chi connectivity index (χ0) is 10.1. The van der Waals surface area contributed by atoms with Crippen LogP contribution in [0.1, 0.15) is 22.4 Å². The van der Waals surface area contributed by atoms with Gasteiger partial charge in [-0.1, -0.05) is 6.92 Å². The minimum atomic E-state index is -0.411. The van der Waals surface area contributed by atoms with Crippen LogP contribution in [-0.4, -0.2) is 15.9 Å². The number of primary amides is 1. The maximum Gasteiger partial charge on any atom is 0.258 e. The fraction of sp³-hybridized carbons (Fsp3) is 0.222. The topological polar surface area (TPSA) is 68.9 Å². The second-order valence-electron chi connectivity index (χ2n) is 2.88. The van der Waals surface area contributed by atoms with Gasteiger partial charge in [-0.05, 0) is 6.07 Å². The van der Waals surface area contributed by atoms with Crippen molar-refractivity contribution < 1.29 is 4.79 Å². The normalized spacial score (nSPS) is 10.6. The van der Waals surface area contributed by atoms with Crippen LogP contribution >= 0.6 is 11.3 Å². The molecule has 2 aromatic rings. The maximum absolute atomic E-state index is 10.9. The lowest BCUT2D eigenvalue weighted by Gasteiger charge is -1.92. The van der Waals surface area contributed by atoms with Gasteiger partial charge in [0.25, 0.3) is 5.91 Å². The van der Waals surface area contributed by atoms with E-state index in [-0.39, 0.29) is 0 Å². The quantitative estimate of drug-likeness (QED) is 0.808. The first-order chi connectivity index (χ1) is 6.70. The lowest BCUT2D eigenvalue weighted by molar-refractivity contribution is 0.100. The highest BCUT2D eigenvalue weighted by atomic mass is 32.1. The van der Waals surface area contributed by atoms with E-state index in [2.05, 4.69) is 9.97 Å². The highest BCUT2D eigenvalue weighted by Crippen LogP contribution is 2.22. The largest absolute Gasteiger partial charge is 0.365 e. The fourth-order valence-corrected chi connectivity index (χ4v) is 2.03. The predicted octanol–water partition coefficient (Wildman–Crippen LogP) is 1.35. The van der Waals surface area contributed by atoms with Crippen LogP contribution in [0, 0.1) is 0 Å². The minimum Gasteiger partial charge on any atom is -0.365 e. The van der Waals surface area contributed by atoms with E-state index in [9.17, 15) is 4.79 Å². The summed E-state index contributed by atoms with van der Waals surface area (Å²) in [4.78, 5) is 20.7. The average molecular weight is 207 g/mol. The molecule has 0 radical (unpaired) electrons. The number of carbonyl (C=O) groups excluding carboxylic acids is 1. The number of thiophene rings is 1. The van der Waals surface area contributed by atoms with Gasteiger partial charge in [-0.3, -0.25) is 4.79 Å². The van der Waals surface area contributed by atoms with Gasteiger partial charge in [0.2, 0.25) is 0 Å². The third-order valence-electron chi connectivity index (χ3n) is 1.88. The van der Waals surface area contributed by atoms with Crippen molar-refractivity contribution in [1.29, 1.82) is 0 Å². The highest BCUT2D eigenvalue weighted by Gasteiger charge is 2.08. The monoisotopic (exact) mass is 207 g/mol. The Labute approximate surface area is 84.8 Å². The third-order valence-corrected chi connectivity index (χ3v) is 2.94. The molecule has 0 aromatic carbocycles. The SMILES string of the molecule is CCc1ncc2cc(C(N)=O)sc2n1. The number of hydrogen-bond acceptors (Lipinski definition) is 4. The molecule has 2 aromatic heterocycles. The highest BCUT2D eigenvalue weighted by molar-refractivity contribution is 7.20. The van der Waals surface area contributed by atoms with Crippen LogP contribution in [0.25, 0.3) is 10.2 Å². The molecule has 0 saturated carbocycles. The number of fused-ring (bicyclic) bond motifs is 1. The van der Waals surface area contributed by atoms with Crippen LogP contribution in [0.4, 0.5) is 0 Å². The Morgan fingerprint density at radius 1 is 1.64 bits per heavy atom. The smallest absolute Gasteiger partial charge is 0.258 e. The summed E-state index contributed by atoms with van der Waals surface area (Å²) in [5.74, 6) is 0.376. The van der Waals surface area contributed by atoms with Crippen molar-refractivity contribution in [3.8, 4) is 0 Å². The standard InChI is InChI=1S/C9H9N3OS/c1-2-7-11-4-5-3-6(8(10)13)14-9(5)12-7/h3-4H,2H2,1H3,(H2,10,13). The summed E-state index contributed by atoms with van der Waals surface area (Å²) < 4.78 is 0. The van der Waals surface area contributed by atoms with Crippen LogP contribution in [0.2, 0.25) is 0 Å². The molecule has 2 rings (SSSR count). The summed E-state index contributed by atoms with van der Waals surface area (Å²) in [6.07, 6.45) is 2.52. The molecular formula is C9H9N3OS. The molecule has 5 heteroatoms. The minimum absolute atomic E-state index is 0.411. The Morgan fingerprint density at radius 2 is 2.43 bits per heavy atom. The molecular weight excluding hydrogens is 198 g/mol. The van der Waals surface area contributed by atoms with Gasteiger partial charge in [-0.25, -0.2) is 9.97 Å². The second-order valence-corrected chi connectivity index (χ2v) is 3.91. The van der Waals surface area contributed by atoms with Crippen molar-refractivity contribution in [2.45, 2.75) is 13.3 Å². The van der Waals surface area contributed by atoms with Crippen LogP contribution < -0.4 is 5.73 Å². The Balaban J connectivity index is 2.60.